The molecular formula is C22H29N3O. The predicted octanol–water partition coefficient (Wildman–Crippen LogP) is 3.23. The largest absolute Gasteiger partial charge is 0.493 e. The second-order valence-corrected chi connectivity index (χ2v) is 7.60. The maximum Gasteiger partial charge on any atom is 0.122 e. The van der Waals surface area contributed by atoms with Crippen LogP contribution in [0.5, 0.6) is 5.75 Å². The molecule has 4 rings (SSSR count). The van der Waals surface area contributed by atoms with Gasteiger partial charge < -0.3 is 9.64 Å². The lowest BCUT2D eigenvalue weighted by atomic mass is 9.96. The minimum atomic E-state index is 0.699. The van der Waals surface area contributed by atoms with Crippen molar-refractivity contribution in [2.24, 2.45) is 5.92 Å². The number of pyridine rings is 1. The zero-order valence-corrected chi connectivity index (χ0v) is 15.5. The number of para-hydroxylation sites is 1. The summed E-state index contributed by atoms with van der Waals surface area (Å²) in [6.07, 6.45) is 7.35. The van der Waals surface area contributed by atoms with Gasteiger partial charge >= 0.3 is 0 Å². The maximum absolute atomic E-state index is 5.94. The number of aromatic nitrogens is 1. The van der Waals surface area contributed by atoms with E-state index in [1.54, 1.807) is 0 Å². The van der Waals surface area contributed by atoms with Crippen LogP contribution in [0.15, 0.2) is 48.8 Å². The lowest BCUT2D eigenvalue weighted by Crippen LogP contribution is -2.34. The van der Waals surface area contributed by atoms with Crippen molar-refractivity contribution in [3.05, 3.63) is 59.9 Å². The number of ether oxygens (including phenoxy) is 1. The fraction of sp³-hybridized carbons (Fsp3) is 0.500. The van der Waals surface area contributed by atoms with Crippen molar-refractivity contribution in [1.82, 2.24) is 14.8 Å². The Balaban J connectivity index is 1.30. The molecule has 1 aromatic carbocycles. The summed E-state index contributed by atoms with van der Waals surface area (Å²) in [5.74, 6) is 1.79. The first kappa shape index (κ1) is 17.5. The fourth-order valence-corrected chi connectivity index (χ4v) is 4.19. The van der Waals surface area contributed by atoms with Crippen molar-refractivity contribution in [1.29, 1.82) is 0 Å². The van der Waals surface area contributed by atoms with E-state index in [-0.39, 0.29) is 0 Å². The highest BCUT2D eigenvalue weighted by atomic mass is 16.5. The van der Waals surface area contributed by atoms with Crippen LogP contribution in [-0.4, -0.2) is 54.1 Å². The predicted molar refractivity (Wildman–Crippen MR) is 104 cm³/mol. The smallest absolute Gasteiger partial charge is 0.122 e. The van der Waals surface area contributed by atoms with Gasteiger partial charge in [-0.05, 0) is 67.6 Å². The van der Waals surface area contributed by atoms with Gasteiger partial charge in [0, 0.05) is 38.6 Å². The summed E-state index contributed by atoms with van der Waals surface area (Å²) < 4.78 is 5.94. The van der Waals surface area contributed by atoms with E-state index in [1.807, 2.05) is 12.4 Å². The van der Waals surface area contributed by atoms with E-state index >= 15 is 0 Å². The first-order chi connectivity index (χ1) is 12.9. The average Bonchev–Trinajstić information content (AvgIpc) is 3.01. The summed E-state index contributed by atoms with van der Waals surface area (Å²) in [5.41, 5.74) is 2.75. The van der Waals surface area contributed by atoms with Gasteiger partial charge in [-0.15, -0.1) is 0 Å². The number of hydrogen-bond acceptors (Lipinski definition) is 4. The van der Waals surface area contributed by atoms with E-state index < -0.39 is 0 Å². The molecule has 2 aliphatic heterocycles. The van der Waals surface area contributed by atoms with Crippen LogP contribution in [0.4, 0.5) is 0 Å². The van der Waals surface area contributed by atoms with Gasteiger partial charge in [0.25, 0.3) is 0 Å². The van der Waals surface area contributed by atoms with Crippen molar-refractivity contribution in [3.8, 4) is 5.75 Å². The van der Waals surface area contributed by atoms with Gasteiger partial charge in [0.2, 0.25) is 0 Å². The Morgan fingerprint density at radius 1 is 0.962 bits per heavy atom. The van der Waals surface area contributed by atoms with Crippen molar-refractivity contribution in [2.75, 3.05) is 39.3 Å². The van der Waals surface area contributed by atoms with Gasteiger partial charge in [0.1, 0.15) is 5.75 Å². The number of nitrogens with zero attached hydrogens (tertiary/aromatic N) is 3. The molecule has 1 atom stereocenters. The van der Waals surface area contributed by atoms with E-state index in [0.29, 0.717) is 5.92 Å². The van der Waals surface area contributed by atoms with Crippen molar-refractivity contribution >= 4 is 0 Å². The summed E-state index contributed by atoms with van der Waals surface area (Å²) in [4.78, 5) is 9.38. The second kappa shape index (κ2) is 8.65. The third-order valence-corrected chi connectivity index (χ3v) is 5.62. The number of benzene rings is 1. The van der Waals surface area contributed by atoms with Crippen molar-refractivity contribution in [2.45, 2.75) is 25.8 Å². The Morgan fingerprint density at radius 2 is 1.77 bits per heavy atom. The molecule has 0 bridgehead atoms. The zero-order chi connectivity index (χ0) is 17.6. The third-order valence-electron chi connectivity index (χ3n) is 5.62. The molecule has 3 heterocycles. The second-order valence-electron chi connectivity index (χ2n) is 7.60. The molecule has 4 nitrogen and oxygen atoms in total. The SMILES string of the molecule is c1ccc2c(c1)C[C@H](CN1CCCN(Cc3ccncc3)CC1)CCO2. The van der Waals surface area contributed by atoms with Crippen molar-refractivity contribution in [3.63, 3.8) is 0 Å². The Labute approximate surface area is 156 Å². The maximum atomic E-state index is 5.94. The van der Waals surface area contributed by atoms with E-state index in [4.69, 9.17) is 4.74 Å². The average molecular weight is 351 g/mol. The first-order valence-electron chi connectivity index (χ1n) is 9.91. The van der Waals surface area contributed by atoms with Crippen molar-refractivity contribution < 1.29 is 4.74 Å². The molecule has 0 aliphatic carbocycles. The number of fused-ring (bicyclic) bond motifs is 1. The quantitative estimate of drug-likeness (QED) is 0.846. The van der Waals surface area contributed by atoms with Crippen LogP contribution in [-0.2, 0) is 13.0 Å². The molecule has 2 aromatic rings. The molecule has 1 aromatic heterocycles. The van der Waals surface area contributed by atoms with E-state index in [9.17, 15) is 0 Å². The molecule has 26 heavy (non-hydrogen) atoms. The summed E-state index contributed by atoms with van der Waals surface area (Å²) in [7, 11) is 0. The summed E-state index contributed by atoms with van der Waals surface area (Å²) >= 11 is 0. The molecule has 0 N–H and O–H groups in total. The molecule has 0 amide bonds. The Bertz CT molecular complexity index is 691. The highest BCUT2D eigenvalue weighted by Crippen LogP contribution is 2.27. The van der Waals surface area contributed by atoms with Crippen LogP contribution in [0.3, 0.4) is 0 Å². The standard InChI is InChI=1S/C22H29N3O/c1-2-5-22-21(4-1)16-20(8-15-26-22)18-25-12-3-11-24(13-14-25)17-19-6-9-23-10-7-19/h1-2,4-7,9-10,20H,3,8,11-18H2/t20-/m1/s1. The number of rotatable bonds is 4. The fourth-order valence-electron chi connectivity index (χ4n) is 4.19. The Hall–Kier alpha value is -1.91. The lowest BCUT2D eigenvalue weighted by molar-refractivity contribution is 0.208. The van der Waals surface area contributed by atoms with Gasteiger partial charge in [0.05, 0.1) is 6.61 Å². The highest BCUT2D eigenvalue weighted by molar-refractivity contribution is 5.34. The van der Waals surface area contributed by atoms with E-state index in [1.165, 1.54) is 43.7 Å². The van der Waals surface area contributed by atoms with Gasteiger partial charge in [-0.25, -0.2) is 0 Å². The van der Waals surface area contributed by atoms with Crippen LogP contribution >= 0.6 is 0 Å². The molecule has 0 radical (unpaired) electrons. The number of hydrogen-bond donors (Lipinski definition) is 0. The molecule has 138 valence electrons. The minimum Gasteiger partial charge on any atom is -0.493 e. The summed E-state index contributed by atoms with van der Waals surface area (Å²) in [6.45, 7) is 7.82. The molecule has 1 saturated heterocycles. The normalized spacial score (nSPS) is 22.1. The van der Waals surface area contributed by atoms with Gasteiger partial charge in [-0.3, -0.25) is 9.88 Å². The molecule has 4 heteroatoms. The van der Waals surface area contributed by atoms with Crippen LogP contribution in [0.1, 0.15) is 24.0 Å². The van der Waals surface area contributed by atoms with Crippen LogP contribution in [0, 0.1) is 5.92 Å². The third kappa shape index (κ3) is 4.63. The highest BCUT2D eigenvalue weighted by Gasteiger charge is 2.22. The lowest BCUT2D eigenvalue weighted by Gasteiger charge is -2.25. The van der Waals surface area contributed by atoms with Crippen LogP contribution < -0.4 is 4.74 Å². The van der Waals surface area contributed by atoms with Gasteiger partial charge in [-0.1, -0.05) is 18.2 Å². The molecule has 0 spiro atoms. The van der Waals surface area contributed by atoms with E-state index in [0.717, 1.165) is 38.3 Å². The molecule has 1 fully saturated rings. The van der Waals surface area contributed by atoms with Gasteiger partial charge in [0.15, 0.2) is 0 Å². The summed E-state index contributed by atoms with van der Waals surface area (Å²) in [6, 6.07) is 12.8. The molecule has 0 unspecified atom stereocenters. The van der Waals surface area contributed by atoms with E-state index in [2.05, 4.69) is 51.2 Å². The van der Waals surface area contributed by atoms with Crippen LogP contribution in [0.25, 0.3) is 0 Å². The Kier molecular flexibility index (Phi) is 5.82. The molecular weight excluding hydrogens is 322 g/mol. The monoisotopic (exact) mass is 351 g/mol. The summed E-state index contributed by atoms with van der Waals surface area (Å²) in [5, 5.41) is 0. The molecule has 2 aliphatic rings. The van der Waals surface area contributed by atoms with Crippen LogP contribution in [0.2, 0.25) is 0 Å². The zero-order valence-electron chi connectivity index (χ0n) is 15.5. The topological polar surface area (TPSA) is 28.6 Å². The molecule has 0 saturated carbocycles. The minimum absolute atomic E-state index is 0.699. The Morgan fingerprint density at radius 3 is 2.69 bits per heavy atom. The van der Waals surface area contributed by atoms with Gasteiger partial charge in [-0.2, -0.15) is 0 Å². The first-order valence-corrected chi connectivity index (χ1v) is 9.91.